The first-order valence-corrected chi connectivity index (χ1v) is 6.48. The number of urea groups is 1. The van der Waals surface area contributed by atoms with E-state index in [-0.39, 0.29) is 11.9 Å². The number of hydrogen-bond donors (Lipinski definition) is 3. The Bertz CT molecular complexity index is 406. The second kappa shape index (κ2) is 7.71. The number of carbonyl (C=O) groups is 2. The van der Waals surface area contributed by atoms with Gasteiger partial charge in [-0.25, -0.2) is 4.79 Å². The quantitative estimate of drug-likeness (QED) is 0.721. The summed E-state index contributed by atoms with van der Waals surface area (Å²) in [5.41, 5.74) is 0.594. The molecule has 6 heteroatoms. The molecule has 0 spiro atoms. The van der Waals surface area contributed by atoms with E-state index in [9.17, 15) is 9.59 Å². The molecule has 3 amide bonds. The summed E-state index contributed by atoms with van der Waals surface area (Å²) in [4.78, 5) is 22.7. The lowest BCUT2D eigenvalue weighted by atomic mass is 10.2. The Kier molecular flexibility index (Phi) is 6.21. The second-order valence-corrected chi connectivity index (χ2v) is 4.46. The zero-order chi connectivity index (χ0) is 13.4. The highest BCUT2D eigenvalue weighted by molar-refractivity contribution is 9.10. The zero-order valence-electron chi connectivity index (χ0n) is 10.1. The van der Waals surface area contributed by atoms with Gasteiger partial charge in [0.1, 0.15) is 0 Å². The molecule has 0 saturated carbocycles. The molecule has 0 fully saturated rings. The van der Waals surface area contributed by atoms with Crippen molar-refractivity contribution in [1.29, 1.82) is 0 Å². The van der Waals surface area contributed by atoms with Gasteiger partial charge in [-0.2, -0.15) is 0 Å². The molecule has 0 radical (unpaired) electrons. The maximum atomic E-state index is 11.7. The van der Waals surface area contributed by atoms with Crippen molar-refractivity contribution in [2.24, 2.45) is 0 Å². The summed E-state index contributed by atoms with van der Waals surface area (Å²) in [6, 6.07) is 6.85. The van der Waals surface area contributed by atoms with Crippen LogP contribution < -0.4 is 16.0 Å². The Hall–Kier alpha value is -1.56. The molecule has 0 heterocycles. The van der Waals surface area contributed by atoms with Crippen molar-refractivity contribution in [2.75, 3.05) is 19.6 Å². The monoisotopic (exact) mass is 313 g/mol. The summed E-state index contributed by atoms with van der Waals surface area (Å²) < 4.78 is 0.928. The molecule has 0 aliphatic rings. The fourth-order valence-electron chi connectivity index (χ4n) is 1.28. The van der Waals surface area contributed by atoms with E-state index >= 15 is 0 Å². The molecule has 0 aromatic heterocycles. The largest absolute Gasteiger partial charge is 0.350 e. The third-order valence-electron chi connectivity index (χ3n) is 2.14. The summed E-state index contributed by atoms with van der Waals surface area (Å²) >= 11 is 3.30. The fourth-order valence-corrected chi connectivity index (χ4v) is 1.54. The molecule has 1 rings (SSSR count). The Morgan fingerprint density at radius 1 is 1.06 bits per heavy atom. The van der Waals surface area contributed by atoms with Gasteiger partial charge in [-0.15, -0.1) is 0 Å². The van der Waals surface area contributed by atoms with Crippen molar-refractivity contribution in [3.8, 4) is 0 Å². The topological polar surface area (TPSA) is 70.2 Å². The summed E-state index contributed by atoms with van der Waals surface area (Å²) in [5.74, 6) is -0.153. The van der Waals surface area contributed by atoms with Crippen LogP contribution in [0, 0.1) is 0 Å². The standard InChI is InChI=1S/C12H16BrN3O2/c1-2-14-12(18)16-8-7-15-11(17)9-3-5-10(13)6-4-9/h3-6H,2,7-8H2,1H3,(H,15,17)(H2,14,16,18). The smallest absolute Gasteiger partial charge is 0.314 e. The molecule has 3 N–H and O–H groups in total. The lowest BCUT2D eigenvalue weighted by Gasteiger charge is -2.07. The van der Waals surface area contributed by atoms with Crippen molar-refractivity contribution in [3.63, 3.8) is 0 Å². The summed E-state index contributed by atoms with van der Waals surface area (Å²) in [5, 5.41) is 7.95. The molecule has 0 atom stereocenters. The van der Waals surface area contributed by atoms with E-state index in [4.69, 9.17) is 0 Å². The molecule has 98 valence electrons. The van der Waals surface area contributed by atoms with E-state index in [1.807, 2.05) is 19.1 Å². The number of benzene rings is 1. The number of hydrogen-bond acceptors (Lipinski definition) is 2. The van der Waals surface area contributed by atoms with Crippen LogP contribution in [0.4, 0.5) is 4.79 Å². The maximum absolute atomic E-state index is 11.7. The van der Waals surface area contributed by atoms with E-state index in [1.54, 1.807) is 12.1 Å². The lowest BCUT2D eigenvalue weighted by Crippen LogP contribution is -2.40. The third kappa shape index (κ3) is 5.18. The molecule has 0 aliphatic carbocycles. The van der Waals surface area contributed by atoms with Gasteiger partial charge in [0.05, 0.1) is 0 Å². The molecular formula is C12H16BrN3O2. The molecule has 1 aromatic rings. The predicted molar refractivity (Wildman–Crippen MR) is 73.6 cm³/mol. The highest BCUT2D eigenvalue weighted by Gasteiger charge is 2.04. The predicted octanol–water partition coefficient (Wildman–Crippen LogP) is 1.50. The van der Waals surface area contributed by atoms with Crippen molar-refractivity contribution in [2.45, 2.75) is 6.92 Å². The first-order valence-electron chi connectivity index (χ1n) is 5.69. The van der Waals surface area contributed by atoms with Crippen LogP contribution in [-0.4, -0.2) is 31.6 Å². The molecule has 0 bridgehead atoms. The van der Waals surface area contributed by atoms with Gasteiger partial charge in [0.25, 0.3) is 5.91 Å². The van der Waals surface area contributed by atoms with Gasteiger partial charge in [0.2, 0.25) is 0 Å². The molecule has 1 aromatic carbocycles. The molecular weight excluding hydrogens is 298 g/mol. The third-order valence-corrected chi connectivity index (χ3v) is 2.67. The van der Waals surface area contributed by atoms with Crippen molar-refractivity contribution >= 4 is 27.9 Å². The van der Waals surface area contributed by atoms with E-state index in [2.05, 4.69) is 31.9 Å². The second-order valence-electron chi connectivity index (χ2n) is 3.55. The van der Waals surface area contributed by atoms with Gasteiger partial charge >= 0.3 is 6.03 Å². The van der Waals surface area contributed by atoms with Crippen molar-refractivity contribution in [3.05, 3.63) is 34.3 Å². The molecule has 0 saturated heterocycles. The van der Waals surface area contributed by atoms with Gasteiger partial charge in [-0.3, -0.25) is 4.79 Å². The number of rotatable bonds is 5. The highest BCUT2D eigenvalue weighted by Crippen LogP contribution is 2.10. The van der Waals surface area contributed by atoms with Crippen molar-refractivity contribution in [1.82, 2.24) is 16.0 Å². The summed E-state index contributed by atoms with van der Waals surface area (Å²) in [6.07, 6.45) is 0. The van der Waals surface area contributed by atoms with Gasteiger partial charge < -0.3 is 16.0 Å². The van der Waals surface area contributed by atoms with E-state index in [0.717, 1.165) is 4.47 Å². The van der Waals surface area contributed by atoms with Crippen LogP contribution in [-0.2, 0) is 0 Å². The van der Waals surface area contributed by atoms with Crippen LogP contribution in [0.1, 0.15) is 17.3 Å². The SMILES string of the molecule is CCNC(=O)NCCNC(=O)c1ccc(Br)cc1. The normalized spacial score (nSPS) is 9.67. The van der Waals surface area contributed by atoms with Crippen LogP contribution in [0.3, 0.4) is 0 Å². The van der Waals surface area contributed by atoms with Crippen molar-refractivity contribution < 1.29 is 9.59 Å². The highest BCUT2D eigenvalue weighted by atomic mass is 79.9. The molecule has 0 unspecified atom stereocenters. The van der Waals surface area contributed by atoms with Crippen LogP contribution in [0.25, 0.3) is 0 Å². The molecule has 5 nitrogen and oxygen atoms in total. The molecule has 18 heavy (non-hydrogen) atoms. The number of amides is 3. The van der Waals surface area contributed by atoms with Gasteiger partial charge in [-0.05, 0) is 31.2 Å². The first-order chi connectivity index (χ1) is 8.63. The lowest BCUT2D eigenvalue weighted by molar-refractivity contribution is 0.0954. The number of halogens is 1. The Morgan fingerprint density at radius 2 is 1.67 bits per heavy atom. The minimum atomic E-state index is -0.226. The van der Waals surface area contributed by atoms with E-state index in [0.29, 0.717) is 25.2 Å². The summed E-state index contributed by atoms with van der Waals surface area (Å²) in [6.45, 7) is 3.21. The van der Waals surface area contributed by atoms with E-state index in [1.165, 1.54) is 0 Å². The number of carbonyl (C=O) groups excluding carboxylic acids is 2. The molecule has 0 aliphatic heterocycles. The number of nitrogens with one attached hydrogen (secondary N) is 3. The van der Waals surface area contributed by atoms with Crippen LogP contribution in [0.15, 0.2) is 28.7 Å². The average molecular weight is 314 g/mol. The van der Waals surface area contributed by atoms with Crippen LogP contribution in [0.2, 0.25) is 0 Å². The fraction of sp³-hybridized carbons (Fsp3) is 0.333. The Balaban J connectivity index is 2.25. The average Bonchev–Trinajstić information content (AvgIpc) is 2.35. The first kappa shape index (κ1) is 14.5. The van der Waals surface area contributed by atoms with E-state index < -0.39 is 0 Å². The minimum Gasteiger partial charge on any atom is -0.350 e. The zero-order valence-corrected chi connectivity index (χ0v) is 11.7. The maximum Gasteiger partial charge on any atom is 0.314 e. The van der Waals surface area contributed by atoms with Gasteiger partial charge in [0, 0.05) is 29.7 Å². The summed E-state index contributed by atoms with van der Waals surface area (Å²) in [7, 11) is 0. The van der Waals surface area contributed by atoms with Gasteiger partial charge in [-0.1, -0.05) is 15.9 Å². The Labute approximate surface area is 114 Å². The van der Waals surface area contributed by atoms with Crippen LogP contribution >= 0.6 is 15.9 Å². The van der Waals surface area contributed by atoms with Crippen LogP contribution in [0.5, 0.6) is 0 Å². The van der Waals surface area contributed by atoms with Gasteiger partial charge in [0.15, 0.2) is 0 Å². The Morgan fingerprint density at radius 3 is 2.28 bits per heavy atom. The minimum absolute atomic E-state index is 0.153.